The Hall–Kier alpha value is -1.87. The molecule has 3 nitrogen and oxygen atoms in total. The van der Waals surface area contributed by atoms with E-state index in [1.807, 2.05) is 18.2 Å². The van der Waals surface area contributed by atoms with Crippen molar-refractivity contribution in [2.75, 3.05) is 19.8 Å². The van der Waals surface area contributed by atoms with E-state index in [-0.39, 0.29) is 0 Å². The molecule has 0 radical (unpaired) electrons. The van der Waals surface area contributed by atoms with Gasteiger partial charge in [-0.15, -0.1) is 0 Å². The second-order valence-electron chi connectivity index (χ2n) is 4.78. The Morgan fingerprint density at radius 2 is 1.67 bits per heavy atom. The number of nitrogen functional groups attached to an aromatic ring is 1. The number of rotatable bonds is 4. The minimum Gasteiger partial charge on any atom is -0.384 e. The van der Waals surface area contributed by atoms with Gasteiger partial charge in [-0.25, -0.2) is 4.98 Å². The number of nitrogens with two attached hydrogens (primary N) is 1. The SMILES string of the molecule is CN(C)Cc1ccc(Cc2cccc(N)n2)cc1. The highest BCUT2D eigenvalue weighted by Gasteiger charge is 2.00. The average molecular weight is 241 g/mol. The summed E-state index contributed by atoms with van der Waals surface area (Å²) in [7, 11) is 4.15. The van der Waals surface area contributed by atoms with Gasteiger partial charge >= 0.3 is 0 Å². The zero-order valence-electron chi connectivity index (χ0n) is 10.9. The van der Waals surface area contributed by atoms with Crippen molar-refractivity contribution in [3.63, 3.8) is 0 Å². The summed E-state index contributed by atoms with van der Waals surface area (Å²) in [6, 6.07) is 14.4. The second-order valence-corrected chi connectivity index (χ2v) is 4.78. The summed E-state index contributed by atoms with van der Waals surface area (Å²) >= 11 is 0. The molecule has 3 heteroatoms. The summed E-state index contributed by atoms with van der Waals surface area (Å²) in [5, 5.41) is 0. The molecule has 0 saturated carbocycles. The molecular weight excluding hydrogens is 222 g/mol. The molecule has 1 aromatic heterocycles. The maximum Gasteiger partial charge on any atom is 0.123 e. The molecule has 0 spiro atoms. The first kappa shape index (κ1) is 12.6. The highest BCUT2D eigenvalue weighted by molar-refractivity contribution is 5.32. The predicted molar refractivity (Wildman–Crippen MR) is 75.3 cm³/mol. The van der Waals surface area contributed by atoms with Crippen molar-refractivity contribution >= 4 is 5.82 Å². The quantitative estimate of drug-likeness (QED) is 0.893. The lowest BCUT2D eigenvalue weighted by molar-refractivity contribution is 0.402. The third-order valence-electron chi connectivity index (χ3n) is 2.74. The highest BCUT2D eigenvalue weighted by Crippen LogP contribution is 2.11. The van der Waals surface area contributed by atoms with E-state index in [0.717, 1.165) is 18.7 Å². The summed E-state index contributed by atoms with van der Waals surface area (Å²) < 4.78 is 0. The molecule has 0 saturated heterocycles. The normalized spacial score (nSPS) is 10.8. The van der Waals surface area contributed by atoms with Gasteiger partial charge in [-0.1, -0.05) is 30.3 Å². The smallest absolute Gasteiger partial charge is 0.123 e. The fraction of sp³-hybridized carbons (Fsp3) is 0.267. The standard InChI is InChI=1S/C15H19N3/c1-18(2)11-13-8-6-12(7-9-13)10-14-4-3-5-15(16)17-14/h3-9H,10-11H2,1-2H3,(H2,16,17). The lowest BCUT2D eigenvalue weighted by Crippen LogP contribution is -2.10. The Morgan fingerprint density at radius 1 is 1.00 bits per heavy atom. The van der Waals surface area contributed by atoms with E-state index in [1.165, 1.54) is 11.1 Å². The summed E-state index contributed by atoms with van der Waals surface area (Å²) in [4.78, 5) is 6.47. The summed E-state index contributed by atoms with van der Waals surface area (Å²) in [5.41, 5.74) is 9.27. The molecule has 0 aliphatic rings. The fourth-order valence-corrected chi connectivity index (χ4v) is 1.93. The summed E-state index contributed by atoms with van der Waals surface area (Å²) in [6.45, 7) is 0.969. The molecule has 2 rings (SSSR count). The van der Waals surface area contributed by atoms with Gasteiger partial charge in [-0.2, -0.15) is 0 Å². The van der Waals surface area contributed by atoms with E-state index in [9.17, 15) is 0 Å². The number of nitrogens with zero attached hydrogens (tertiary/aromatic N) is 2. The summed E-state index contributed by atoms with van der Waals surface area (Å²) in [6.07, 6.45) is 0.827. The van der Waals surface area contributed by atoms with Crippen molar-refractivity contribution in [2.45, 2.75) is 13.0 Å². The summed E-state index contributed by atoms with van der Waals surface area (Å²) in [5.74, 6) is 0.580. The predicted octanol–water partition coefficient (Wildman–Crippen LogP) is 2.32. The van der Waals surface area contributed by atoms with Crippen LogP contribution in [0.25, 0.3) is 0 Å². The van der Waals surface area contributed by atoms with Gasteiger partial charge in [0.25, 0.3) is 0 Å². The Balaban J connectivity index is 2.06. The molecule has 0 aliphatic heterocycles. The molecular formula is C15H19N3. The van der Waals surface area contributed by atoms with Crippen LogP contribution in [0.5, 0.6) is 0 Å². The molecule has 0 atom stereocenters. The number of pyridine rings is 1. The molecule has 0 aliphatic carbocycles. The van der Waals surface area contributed by atoms with Crippen LogP contribution < -0.4 is 5.73 Å². The largest absolute Gasteiger partial charge is 0.384 e. The number of anilines is 1. The van der Waals surface area contributed by atoms with Crippen LogP contribution in [0.15, 0.2) is 42.5 Å². The lowest BCUT2D eigenvalue weighted by Gasteiger charge is -2.10. The van der Waals surface area contributed by atoms with Crippen LogP contribution in [-0.4, -0.2) is 24.0 Å². The van der Waals surface area contributed by atoms with Crippen LogP contribution >= 0.6 is 0 Å². The van der Waals surface area contributed by atoms with Crippen molar-refractivity contribution in [1.29, 1.82) is 0 Å². The van der Waals surface area contributed by atoms with Gasteiger partial charge in [-0.3, -0.25) is 0 Å². The van der Waals surface area contributed by atoms with Crippen molar-refractivity contribution in [3.8, 4) is 0 Å². The number of hydrogen-bond donors (Lipinski definition) is 1. The van der Waals surface area contributed by atoms with Crippen LogP contribution in [0.1, 0.15) is 16.8 Å². The van der Waals surface area contributed by atoms with Crippen molar-refractivity contribution in [3.05, 3.63) is 59.3 Å². The zero-order chi connectivity index (χ0) is 13.0. The van der Waals surface area contributed by atoms with Gasteiger partial charge < -0.3 is 10.6 Å². The van der Waals surface area contributed by atoms with E-state index in [2.05, 4.69) is 48.2 Å². The van der Waals surface area contributed by atoms with Gasteiger partial charge in [0.2, 0.25) is 0 Å². The van der Waals surface area contributed by atoms with Crippen molar-refractivity contribution in [1.82, 2.24) is 9.88 Å². The molecule has 94 valence electrons. The van der Waals surface area contributed by atoms with Crippen LogP contribution in [0.4, 0.5) is 5.82 Å². The molecule has 18 heavy (non-hydrogen) atoms. The van der Waals surface area contributed by atoms with Crippen molar-refractivity contribution in [2.24, 2.45) is 0 Å². The molecule has 2 aromatic rings. The van der Waals surface area contributed by atoms with Crippen LogP contribution in [-0.2, 0) is 13.0 Å². The average Bonchev–Trinajstić information content (AvgIpc) is 2.31. The third kappa shape index (κ3) is 3.57. The molecule has 0 fully saturated rings. The minimum absolute atomic E-state index is 0.580. The van der Waals surface area contributed by atoms with Gasteiger partial charge in [0.1, 0.15) is 5.82 Å². The van der Waals surface area contributed by atoms with Gasteiger partial charge in [0.05, 0.1) is 0 Å². The maximum absolute atomic E-state index is 5.67. The second kappa shape index (κ2) is 5.65. The Morgan fingerprint density at radius 3 is 2.28 bits per heavy atom. The molecule has 0 bridgehead atoms. The van der Waals surface area contributed by atoms with Gasteiger partial charge in [0, 0.05) is 18.7 Å². The van der Waals surface area contributed by atoms with E-state index in [4.69, 9.17) is 5.73 Å². The fourth-order valence-electron chi connectivity index (χ4n) is 1.93. The molecule has 0 amide bonds. The highest BCUT2D eigenvalue weighted by atomic mass is 15.0. The van der Waals surface area contributed by atoms with Crippen LogP contribution in [0.2, 0.25) is 0 Å². The number of aromatic nitrogens is 1. The molecule has 1 heterocycles. The van der Waals surface area contributed by atoms with E-state index in [0.29, 0.717) is 5.82 Å². The van der Waals surface area contributed by atoms with Crippen molar-refractivity contribution < 1.29 is 0 Å². The monoisotopic (exact) mass is 241 g/mol. The van der Waals surface area contributed by atoms with E-state index >= 15 is 0 Å². The topological polar surface area (TPSA) is 42.1 Å². The van der Waals surface area contributed by atoms with Gasteiger partial charge in [-0.05, 0) is 37.4 Å². The van der Waals surface area contributed by atoms with Crippen LogP contribution in [0.3, 0.4) is 0 Å². The maximum atomic E-state index is 5.67. The molecule has 2 N–H and O–H groups in total. The Labute approximate surface area is 108 Å². The number of hydrogen-bond acceptors (Lipinski definition) is 3. The first-order valence-electron chi connectivity index (χ1n) is 6.07. The first-order valence-corrected chi connectivity index (χ1v) is 6.07. The minimum atomic E-state index is 0.580. The first-order chi connectivity index (χ1) is 8.63. The molecule has 0 unspecified atom stereocenters. The lowest BCUT2D eigenvalue weighted by atomic mass is 10.1. The molecule has 1 aromatic carbocycles. The van der Waals surface area contributed by atoms with E-state index < -0.39 is 0 Å². The Bertz CT molecular complexity index is 503. The Kier molecular flexibility index (Phi) is 3.95. The van der Waals surface area contributed by atoms with Crippen LogP contribution in [0, 0.1) is 0 Å². The zero-order valence-corrected chi connectivity index (χ0v) is 10.9. The van der Waals surface area contributed by atoms with Gasteiger partial charge in [0.15, 0.2) is 0 Å². The van der Waals surface area contributed by atoms with E-state index in [1.54, 1.807) is 0 Å². The third-order valence-corrected chi connectivity index (χ3v) is 2.74. The number of benzene rings is 1.